The van der Waals surface area contributed by atoms with E-state index in [0.29, 0.717) is 16.4 Å². The van der Waals surface area contributed by atoms with Gasteiger partial charge in [0.2, 0.25) is 4.80 Å². The summed E-state index contributed by atoms with van der Waals surface area (Å²) in [6.45, 7) is 6.23. The molecule has 0 aliphatic carbocycles. The number of hydrogen-bond acceptors (Lipinski definition) is 3. The van der Waals surface area contributed by atoms with Crippen LogP contribution >= 0.6 is 22.9 Å². The summed E-state index contributed by atoms with van der Waals surface area (Å²) in [4.78, 5) is 0.538. The minimum Gasteiger partial charge on any atom is -0.312 e. The Balaban J connectivity index is 2.23. The fourth-order valence-electron chi connectivity index (χ4n) is 2.32. The highest BCUT2D eigenvalue weighted by Crippen LogP contribution is 2.20. The number of sulfonamides is 1. The molecule has 0 N–H and O–H groups in total. The summed E-state index contributed by atoms with van der Waals surface area (Å²) in [5.41, 5.74) is 2.05. The Morgan fingerprint density at radius 3 is 2.62 bits per heavy atom. The number of allylic oxidation sites excluding steroid dienone is 1. The third-order valence-electron chi connectivity index (χ3n) is 3.46. The van der Waals surface area contributed by atoms with Gasteiger partial charge in [-0.25, -0.2) is 0 Å². The highest BCUT2D eigenvalue weighted by Gasteiger charge is 2.14. The van der Waals surface area contributed by atoms with E-state index in [9.17, 15) is 8.42 Å². The zero-order valence-electron chi connectivity index (χ0n) is 12.9. The molecule has 1 aromatic heterocycles. The molecule has 4 nitrogen and oxygen atoms in total. The van der Waals surface area contributed by atoms with Gasteiger partial charge in [-0.05, 0) is 48.9 Å². The van der Waals surface area contributed by atoms with Crippen molar-refractivity contribution in [2.45, 2.75) is 18.4 Å². The van der Waals surface area contributed by atoms with Crippen molar-refractivity contribution in [2.24, 2.45) is 4.40 Å². The monoisotopic (exact) mass is 378 g/mol. The Labute approximate surface area is 149 Å². The average Bonchev–Trinajstić information content (AvgIpc) is 2.84. The number of aryl methyl sites for hydroxylation is 1. The minimum atomic E-state index is -3.81. The molecule has 3 aromatic rings. The number of thiazole rings is 1. The number of aromatic nitrogens is 1. The van der Waals surface area contributed by atoms with E-state index in [0.717, 1.165) is 15.8 Å². The van der Waals surface area contributed by atoms with E-state index in [1.54, 1.807) is 6.08 Å². The van der Waals surface area contributed by atoms with Crippen LogP contribution in [0.4, 0.5) is 0 Å². The lowest BCUT2D eigenvalue weighted by molar-refractivity contribution is 0.596. The van der Waals surface area contributed by atoms with E-state index in [4.69, 9.17) is 11.6 Å². The van der Waals surface area contributed by atoms with Gasteiger partial charge >= 0.3 is 0 Å². The van der Waals surface area contributed by atoms with E-state index in [2.05, 4.69) is 11.0 Å². The third-order valence-corrected chi connectivity index (χ3v) is 6.15. The summed E-state index contributed by atoms with van der Waals surface area (Å²) in [6, 6.07) is 12.0. The molecule has 0 atom stereocenters. The Kier molecular flexibility index (Phi) is 4.62. The van der Waals surface area contributed by atoms with Crippen molar-refractivity contribution in [1.29, 1.82) is 0 Å². The standard InChI is InChI=1S/C17H15ClN2O2S2/c1-3-10-20-15-9-4-12(2)11-16(15)23-17(20)19-24(21,22)14-7-5-13(18)6-8-14/h3-9,11H,1,10H2,2H3/b19-17-. The maximum Gasteiger partial charge on any atom is 0.285 e. The fraction of sp³-hybridized carbons (Fsp3) is 0.118. The van der Waals surface area contributed by atoms with Crippen LogP contribution in [0.5, 0.6) is 0 Å². The van der Waals surface area contributed by atoms with Crippen molar-refractivity contribution < 1.29 is 8.42 Å². The van der Waals surface area contributed by atoms with Crippen molar-refractivity contribution in [3.05, 3.63) is 70.5 Å². The predicted octanol–water partition coefficient (Wildman–Crippen LogP) is 4.14. The molecule has 24 heavy (non-hydrogen) atoms. The van der Waals surface area contributed by atoms with Gasteiger partial charge in [-0.3, -0.25) is 0 Å². The second-order valence-corrected chi connectivity index (χ2v) is 8.33. The van der Waals surface area contributed by atoms with Gasteiger partial charge in [0.25, 0.3) is 10.0 Å². The molecular formula is C17H15ClN2O2S2. The first-order chi connectivity index (χ1) is 11.4. The third kappa shape index (κ3) is 3.31. The molecule has 2 aromatic carbocycles. The van der Waals surface area contributed by atoms with Gasteiger partial charge in [0.1, 0.15) is 0 Å². The van der Waals surface area contributed by atoms with Crippen LogP contribution in [0.1, 0.15) is 5.56 Å². The summed E-state index contributed by atoms with van der Waals surface area (Å²) in [5, 5.41) is 0.480. The summed E-state index contributed by atoms with van der Waals surface area (Å²) >= 11 is 7.16. The lowest BCUT2D eigenvalue weighted by Gasteiger charge is -2.02. The van der Waals surface area contributed by atoms with Crippen molar-refractivity contribution in [2.75, 3.05) is 0 Å². The SMILES string of the molecule is C=CCn1/c(=N/S(=O)(=O)c2ccc(Cl)cc2)sc2cc(C)ccc21. The fourth-order valence-corrected chi connectivity index (χ4v) is 4.78. The average molecular weight is 379 g/mol. The van der Waals surface area contributed by atoms with Crippen LogP contribution in [0.2, 0.25) is 5.02 Å². The number of nitrogens with zero attached hydrogens (tertiary/aromatic N) is 2. The Morgan fingerprint density at radius 2 is 1.96 bits per heavy atom. The van der Waals surface area contributed by atoms with E-state index in [1.807, 2.05) is 29.7 Å². The van der Waals surface area contributed by atoms with Crippen LogP contribution < -0.4 is 4.80 Å². The normalized spacial score (nSPS) is 12.7. The molecular weight excluding hydrogens is 364 g/mol. The number of fused-ring (bicyclic) bond motifs is 1. The van der Waals surface area contributed by atoms with Gasteiger partial charge in [0.05, 0.1) is 15.1 Å². The highest BCUT2D eigenvalue weighted by molar-refractivity contribution is 7.90. The lowest BCUT2D eigenvalue weighted by atomic mass is 10.2. The number of benzene rings is 2. The molecule has 124 valence electrons. The molecule has 7 heteroatoms. The Hall–Kier alpha value is -1.89. The Morgan fingerprint density at radius 1 is 1.25 bits per heavy atom. The maximum atomic E-state index is 12.6. The maximum absolute atomic E-state index is 12.6. The van der Waals surface area contributed by atoms with Gasteiger partial charge in [-0.15, -0.1) is 11.0 Å². The van der Waals surface area contributed by atoms with Crippen LogP contribution in [-0.2, 0) is 16.6 Å². The second kappa shape index (κ2) is 6.55. The van der Waals surface area contributed by atoms with Gasteiger partial charge < -0.3 is 4.57 Å². The van der Waals surface area contributed by atoms with Crippen molar-refractivity contribution in [3.63, 3.8) is 0 Å². The first kappa shape index (κ1) is 17.0. The van der Waals surface area contributed by atoms with E-state index >= 15 is 0 Å². The number of halogens is 1. The zero-order chi connectivity index (χ0) is 17.3. The summed E-state index contributed by atoms with van der Waals surface area (Å²) in [7, 11) is -3.81. The molecule has 0 saturated heterocycles. The first-order valence-corrected chi connectivity index (χ1v) is 9.81. The van der Waals surface area contributed by atoms with Crippen molar-refractivity contribution in [1.82, 2.24) is 4.57 Å². The molecule has 0 fully saturated rings. The summed E-state index contributed by atoms with van der Waals surface area (Å²) < 4.78 is 32.0. The van der Waals surface area contributed by atoms with Gasteiger partial charge in [-0.1, -0.05) is 35.1 Å². The molecule has 1 heterocycles. The topological polar surface area (TPSA) is 51.4 Å². The molecule has 0 saturated carbocycles. The molecule has 3 rings (SSSR count). The van der Waals surface area contributed by atoms with Gasteiger partial charge in [-0.2, -0.15) is 8.42 Å². The molecule has 0 unspecified atom stereocenters. The van der Waals surface area contributed by atoms with E-state index in [-0.39, 0.29) is 4.90 Å². The smallest absolute Gasteiger partial charge is 0.285 e. The largest absolute Gasteiger partial charge is 0.312 e. The lowest BCUT2D eigenvalue weighted by Crippen LogP contribution is -2.16. The van der Waals surface area contributed by atoms with Gasteiger partial charge in [0, 0.05) is 11.6 Å². The van der Waals surface area contributed by atoms with Crippen LogP contribution in [0.15, 0.2) is 64.4 Å². The molecule has 0 aliphatic heterocycles. The molecule has 0 bridgehead atoms. The Bertz CT molecular complexity index is 1080. The van der Waals surface area contributed by atoms with Crippen LogP contribution in [-0.4, -0.2) is 13.0 Å². The first-order valence-electron chi connectivity index (χ1n) is 7.18. The number of rotatable bonds is 4. The molecule has 0 aliphatic rings. The van der Waals surface area contributed by atoms with Gasteiger partial charge in [0.15, 0.2) is 0 Å². The molecule has 0 amide bonds. The molecule has 0 radical (unpaired) electrons. The molecule has 0 spiro atoms. The van der Waals surface area contributed by atoms with Crippen LogP contribution in [0.25, 0.3) is 10.2 Å². The van der Waals surface area contributed by atoms with Crippen molar-refractivity contribution in [3.8, 4) is 0 Å². The summed E-state index contributed by atoms with van der Waals surface area (Å²) in [6.07, 6.45) is 1.72. The highest BCUT2D eigenvalue weighted by atomic mass is 35.5. The van der Waals surface area contributed by atoms with Crippen LogP contribution in [0, 0.1) is 6.92 Å². The second-order valence-electron chi connectivity index (χ2n) is 5.28. The quantitative estimate of drug-likeness (QED) is 0.640. The van der Waals surface area contributed by atoms with E-state index in [1.165, 1.54) is 35.6 Å². The predicted molar refractivity (Wildman–Crippen MR) is 98.9 cm³/mol. The summed E-state index contributed by atoms with van der Waals surface area (Å²) in [5.74, 6) is 0. The zero-order valence-corrected chi connectivity index (χ0v) is 15.3. The number of hydrogen-bond donors (Lipinski definition) is 0. The van der Waals surface area contributed by atoms with Crippen LogP contribution in [0.3, 0.4) is 0 Å². The van der Waals surface area contributed by atoms with E-state index < -0.39 is 10.0 Å². The minimum absolute atomic E-state index is 0.116. The van der Waals surface area contributed by atoms with Crippen molar-refractivity contribution >= 4 is 43.2 Å².